The van der Waals surface area contributed by atoms with Crippen LogP contribution in [0.25, 0.3) is 10.9 Å². The third-order valence-electron chi connectivity index (χ3n) is 2.49. The number of fused-ring (bicyclic) bond motifs is 1. The molecule has 0 fully saturated rings. The van der Waals surface area contributed by atoms with E-state index in [4.69, 9.17) is 10.5 Å². The number of aromatic nitrogens is 1. The summed E-state index contributed by atoms with van der Waals surface area (Å²) in [6, 6.07) is 9.53. The highest BCUT2D eigenvalue weighted by Gasteiger charge is 2.14. The Hall–Kier alpha value is -1.65. The largest absolute Gasteiger partial charge is 0.481 e. The summed E-state index contributed by atoms with van der Waals surface area (Å²) in [5.41, 5.74) is 6.91. The van der Waals surface area contributed by atoms with Gasteiger partial charge in [0.15, 0.2) is 0 Å². The number of aliphatic hydroxyl groups is 1. The third-order valence-corrected chi connectivity index (χ3v) is 2.49. The first-order chi connectivity index (χ1) is 7.76. The van der Waals surface area contributed by atoms with Crippen LogP contribution >= 0.6 is 0 Å². The average molecular weight is 218 g/mol. The Morgan fingerprint density at radius 1 is 1.44 bits per heavy atom. The molecule has 2 aromatic rings. The minimum absolute atomic E-state index is 0.149. The van der Waals surface area contributed by atoms with Crippen molar-refractivity contribution in [1.29, 1.82) is 0 Å². The molecular weight excluding hydrogens is 204 g/mol. The van der Waals surface area contributed by atoms with Crippen LogP contribution in [0.15, 0.2) is 30.3 Å². The molecule has 0 unspecified atom stereocenters. The van der Waals surface area contributed by atoms with E-state index < -0.39 is 6.10 Å². The molecule has 0 aliphatic heterocycles. The fourth-order valence-corrected chi connectivity index (χ4v) is 1.64. The SMILES string of the molecule is COc1nc2ccccc2cc1[C@@H](O)CN. The maximum atomic E-state index is 9.76. The van der Waals surface area contributed by atoms with Crippen LogP contribution in [0.3, 0.4) is 0 Å². The van der Waals surface area contributed by atoms with Crippen LogP contribution in [0, 0.1) is 0 Å². The molecule has 0 saturated carbocycles. The van der Waals surface area contributed by atoms with E-state index in [0.717, 1.165) is 10.9 Å². The maximum absolute atomic E-state index is 9.76. The molecule has 4 nitrogen and oxygen atoms in total. The van der Waals surface area contributed by atoms with Gasteiger partial charge < -0.3 is 15.6 Å². The third kappa shape index (κ3) is 1.85. The molecule has 16 heavy (non-hydrogen) atoms. The van der Waals surface area contributed by atoms with Crippen LogP contribution in [0.4, 0.5) is 0 Å². The first-order valence-electron chi connectivity index (χ1n) is 5.08. The molecule has 1 heterocycles. The zero-order chi connectivity index (χ0) is 11.5. The number of para-hydroxylation sites is 1. The van der Waals surface area contributed by atoms with Gasteiger partial charge in [0, 0.05) is 17.5 Å². The van der Waals surface area contributed by atoms with E-state index in [9.17, 15) is 5.11 Å². The second-order valence-corrected chi connectivity index (χ2v) is 3.53. The highest BCUT2D eigenvalue weighted by molar-refractivity contribution is 5.80. The molecule has 3 N–H and O–H groups in total. The van der Waals surface area contributed by atoms with E-state index in [1.807, 2.05) is 30.3 Å². The van der Waals surface area contributed by atoms with E-state index in [1.54, 1.807) is 0 Å². The number of ether oxygens (including phenoxy) is 1. The molecule has 0 amide bonds. The summed E-state index contributed by atoms with van der Waals surface area (Å²) < 4.78 is 5.15. The summed E-state index contributed by atoms with van der Waals surface area (Å²) in [5.74, 6) is 0.427. The van der Waals surface area contributed by atoms with Gasteiger partial charge in [-0.25, -0.2) is 4.98 Å². The van der Waals surface area contributed by atoms with E-state index >= 15 is 0 Å². The van der Waals surface area contributed by atoms with E-state index in [2.05, 4.69) is 4.98 Å². The monoisotopic (exact) mass is 218 g/mol. The topological polar surface area (TPSA) is 68.4 Å². The van der Waals surface area contributed by atoms with Gasteiger partial charge in [-0.15, -0.1) is 0 Å². The van der Waals surface area contributed by atoms with Gasteiger partial charge in [0.1, 0.15) is 0 Å². The van der Waals surface area contributed by atoms with Crippen LogP contribution < -0.4 is 10.5 Å². The van der Waals surface area contributed by atoms with Crippen molar-refractivity contribution < 1.29 is 9.84 Å². The minimum Gasteiger partial charge on any atom is -0.481 e. The van der Waals surface area contributed by atoms with Crippen molar-refractivity contribution in [2.45, 2.75) is 6.10 Å². The molecule has 0 saturated heterocycles. The van der Waals surface area contributed by atoms with Crippen molar-refractivity contribution >= 4 is 10.9 Å². The van der Waals surface area contributed by atoms with Gasteiger partial charge in [0.25, 0.3) is 0 Å². The number of hydrogen-bond acceptors (Lipinski definition) is 4. The summed E-state index contributed by atoms with van der Waals surface area (Å²) in [5, 5.41) is 10.7. The Labute approximate surface area is 93.7 Å². The second-order valence-electron chi connectivity index (χ2n) is 3.53. The Morgan fingerprint density at radius 2 is 2.19 bits per heavy atom. The predicted octanol–water partition coefficient (Wildman–Crippen LogP) is 1.24. The molecule has 84 valence electrons. The van der Waals surface area contributed by atoms with Gasteiger partial charge in [-0.3, -0.25) is 0 Å². The fraction of sp³-hybridized carbons (Fsp3) is 0.250. The lowest BCUT2D eigenvalue weighted by atomic mass is 10.1. The molecule has 1 aromatic carbocycles. The first kappa shape index (κ1) is 10.9. The summed E-state index contributed by atoms with van der Waals surface area (Å²) >= 11 is 0. The Morgan fingerprint density at radius 3 is 2.88 bits per heavy atom. The van der Waals surface area contributed by atoms with Crippen LogP contribution in [0.5, 0.6) is 5.88 Å². The summed E-state index contributed by atoms with van der Waals surface area (Å²) in [6.07, 6.45) is -0.743. The van der Waals surface area contributed by atoms with Gasteiger partial charge in [0.2, 0.25) is 5.88 Å². The standard InChI is InChI=1S/C12H14N2O2/c1-16-12-9(11(15)7-13)6-8-4-2-3-5-10(8)14-12/h2-6,11,15H,7,13H2,1H3/t11-/m0/s1. The van der Waals surface area contributed by atoms with Crippen LogP contribution in [0.1, 0.15) is 11.7 Å². The number of rotatable bonds is 3. The van der Waals surface area contributed by atoms with Crippen molar-refractivity contribution in [2.24, 2.45) is 5.73 Å². The number of benzene rings is 1. The van der Waals surface area contributed by atoms with Gasteiger partial charge in [0.05, 0.1) is 18.7 Å². The number of pyridine rings is 1. The molecular formula is C12H14N2O2. The molecule has 4 heteroatoms. The van der Waals surface area contributed by atoms with Crippen molar-refractivity contribution in [3.63, 3.8) is 0 Å². The number of aliphatic hydroxyl groups excluding tert-OH is 1. The maximum Gasteiger partial charge on any atom is 0.219 e. The number of nitrogens with zero attached hydrogens (tertiary/aromatic N) is 1. The van der Waals surface area contributed by atoms with E-state index in [1.165, 1.54) is 7.11 Å². The molecule has 1 atom stereocenters. The molecule has 0 radical (unpaired) electrons. The smallest absolute Gasteiger partial charge is 0.219 e. The van der Waals surface area contributed by atoms with Crippen molar-refractivity contribution in [3.8, 4) is 5.88 Å². The Kier molecular flexibility index (Phi) is 3.03. The lowest BCUT2D eigenvalue weighted by Gasteiger charge is -2.13. The number of hydrogen-bond donors (Lipinski definition) is 2. The Balaban J connectivity index is 2.62. The Bertz CT molecular complexity index is 499. The predicted molar refractivity (Wildman–Crippen MR) is 62.3 cm³/mol. The first-order valence-corrected chi connectivity index (χ1v) is 5.08. The van der Waals surface area contributed by atoms with Gasteiger partial charge in [-0.05, 0) is 12.1 Å². The van der Waals surface area contributed by atoms with Gasteiger partial charge >= 0.3 is 0 Å². The van der Waals surface area contributed by atoms with Crippen molar-refractivity contribution in [3.05, 3.63) is 35.9 Å². The lowest BCUT2D eigenvalue weighted by Crippen LogP contribution is -2.13. The van der Waals surface area contributed by atoms with Crippen LogP contribution in [-0.4, -0.2) is 23.7 Å². The summed E-state index contributed by atoms with van der Waals surface area (Å²) in [4.78, 5) is 4.32. The molecule has 0 spiro atoms. The minimum atomic E-state index is -0.743. The summed E-state index contributed by atoms with van der Waals surface area (Å²) in [7, 11) is 1.53. The zero-order valence-electron chi connectivity index (χ0n) is 9.05. The molecule has 2 rings (SSSR count). The quantitative estimate of drug-likeness (QED) is 0.813. The molecule has 0 aliphatic carbocycles. The zero-order valence-corrected chi connectivity index (χ0v) is 9.05. The van der Waals surface area contributed by atoms with Crippen molar-refractivity contribution in [2.75, 3.05) is 13.7 Å². The van der Waals surface area contributed by atoms with E-state index in [0.29, 0.717) is 11.4 Å². The number of methoxy groups -OCH3 is 1. The number of nitrogens with two attached hydrogens (primary N) is 1. The highest BCUT2D eigenvalue weighted by atomic mass is 16.5. The molecule has 0 aliphatic rings. The average Bonchev–Trinajstić information content (AvgIpc) is 2.36. The molecule has 1 aromatic heterocycles. The second kappa shape index (κ2) is 4.47. The molecule has 0 bridgehead atoms. The summed E-state index contributed by atoms with van der Waals surface area (Å²) in [6.45, 7) is 0.149. The van der Waals surface area contributed by atoms with Gasteiger partial charge in [-0.2, -0.15) is 0 Å². The normalized spacial score (nSPS) is 12.7. The lowest BCUT2D eigenvalue weighted by molar-refractivity contribution is 0.181. The van der Waals surface area contributed by atoms with Gasteiger partial charge in [-0.1, -0.05) is 18.2 Å². The van der Waals surface area contributed by atoms with E-state index in [-0.39, 0.29) is 6.54 Å². The van der Waals surface area contributed by atoms with Crippen LogP contribution in [0.2, 0.25) is 0 Å². The van der Waals surface area contributed by atoms with Crippen LogP contribution in [-0.2, 0) is 0 Å². The highest BCUT2D eigenvalue weighted by Crippen LogP contribution is 2.26. The van der Waals surface area contributed by atoms with Crippen molar-refractivity contribution in [1.82, 2.24) is 4.98 Å². The fourth-order valence-electron chi connectivity index (χ4n) is 1.64.